The van der Waals surface area contributed by atoms with Crippen molar-refractivity contribution in [1.29, 1.82) is 0 Å². The van der Waals surface area contributed by atoms with Gasteiger partial charge in [0.15, 0.2) is 0 Å². The van der Waals surface area contributed by atoms with Crippen LogP contribution in [0.3, 0.4) is 0 Å². The minimum absolute atomic E-state index is 0.0816. The van der Waals surface area contributed by atoms with Crippen molar-refractivity contribution < 1.29 is 23.2 Å². The van der Waals surface area contributed by atoms with Crippen LogP contribution in [0, 0.1) is 11.7 Å². The number of nitrogens with one attached hydrogen (secondary N) is 2. The lowest BCUT2D eigenvalue weighted by Gasteiger charge is -2.33. The molecule has 0 aliphatic carbocycles. The van der Waals surface area contributed by atoms with Crippen LogP contribution in [0.4, 0.5) is 9.18 Å². The topological polar surface area (TPSA) is 94.9 Å². The Labute approximate surface area is 197 Å². The summed E-state index contributed by atoms with van der Waals surface area (Å²) in [5, 5.41) is 5.65. The van der Waals surface area contributed by atoms with Crippen LogP contribution in [0.5, 0.6) is 0 Å². The van der Waals surface area contributed by atoms with E-state index >= 15 is 0 Å². The van der Waals surface area contributed by atoms with E-state index in [2.05, 4.69) is 17.2 Å². The summed E-state index contributed by atoms with van der Waals surface area (Å²) in [7, 11) is 0. The SMILES string of the molecule is C=CCN1C(=O)NC(c2cccc(F)c2)C2=C1CN(C(C(=O)NCc1ccco1)C(C)C)C2=O. The first kappa shape index (κ1) is 23.3. The molecule has 2 aliphatic rings. The summed E-state index contributed by atoms with van der Waals surface area (Å²) in [4.78, 5) is 42.7. The van der Waals surface area contributed by atoms with Gasteiger partial charge in [-0.3, -0.25) is 14.5 Å². The molecule has 1 aromatic heterocycles. The summed E-state index contributed by atoms with van der Waals surface area (Å²) in [5.74, 6) is -0.770. The molecule has 0 spiro atoms. The number of benzene rings is 1. The molecule has 0 fully saturated rings. The molecule has 2 N–H and O–H groups in total. The number of carbonyl (C=O) groups is 3. The van der Waals surface area contributed by atoms with Crippen LogP contribution in [0.1, 0.15) is 31.2 Å². The fourth-order valence-electron chi connectivity index (χ4n) is 4.49. The summed E-state index contributed by atoms with van der Waals surface area (Å²) < 4.78 is 19.2. The van der Waals surface area contributed by atoms with E-state index < -0.39 is 23.9 Å². The number of urea groups is 1. The van der Waals surface area contributed by atoms with Crippen molar-refractivity contribution >= 4 is 17.8 Å². The second kappa shape index (κ2) is 9.54. The molecule has 2 unspecified atom stereocenters. The fourth-order valence-corrected chi connectivity index (χ4v) is 4.49. The highest BCUT2D eigenvalue weighted by atomic mass is 19.1. The fraction of sp³-hybridized carbons (Fsp3) is 0.320. The number of hydrogen-bond donors (Lipinski definition) is 2. The van der Waals surface area contributed by atoms with Crippen molar-refractivity contribution in [1.82, 2.24) is 20.4 Å². The molecule has 8 nitrogen and oxygen atoms in total. The number of amides is 4. The van der Waals surface area contributed by atoms with E-state index in [1.54, 1.807) is 24.3 Å². The molecule has 2 atom stereocenters. The van der Waals surface area contributed by atoms with E-state index in [1.807, 2.05) is 13.8 Å². The maximum absolute atomic E-state index is 14.0. The van der Waals surface area contributed by atoms with Gasteiger partial charge in [-0.1, -0.05) is 32.1 Å². The van der Waals surface area contributed by atoms with Crippen LogP contribution in [0.15, 0.2) is 71.0 Å². The second-order valence-corrected chi connectivity index (χ2v) is 8.62. The summed E-state index contributed by atoms with van der Waals surface area (Å²) in [6.45, 7) is 7.89. The monoisotopic (exact) mass is 466 g/mol. The summed E-state index contributed by atoms with van der Waals surface area (Å²) >= 11 is 0. The Kier molecular flexibility index (Phi) is 6.54. The maximum Gasteiger partial charge on any atom is 0.322 e. The molecule has 0 bridgehead atoms. The molecule has 2 aliphatic heterocycles. The van der Waals surface area contributed by atoms with E-state index in [9.17, 15) is 18.8 Å². The van der Waals surface area contributed by atoms with Crippen LogP contribution in [-0.4, -0.2) is 46.8 Å². The van der Waals surface area contributed by atoms with Crippen LogP contribution < -0.4 is 10.6 Å². The van der Waals surface area contributed by atoms with E-state index in [1.165, 1.54) is 34.3 Å². The maximum atomic E-state index is 14.0. The predicted molar refractivity (Wildman–Crippen MR) is 122 cm³/mol. The van der Waals surface area contributed by atoms with Gasteiger partial charge in [0.2, 0.25) is 5.91 Å². The van der Waals surface area contributed by atoms with Gasteiger partial charge in [0.1, 0.15) is 17.6 Å². The number of halogens is 1. The highest BCUT2D eigenvalue weighted by molar-refractivity contribution is 6.03. The molecule has 4 amide bonds. The van der Waals surface area contributed by atoms with Gasteiger partial charge in [-0.15, -0.1) is 6.58 Å². The zero-order valence-electron chi connectivity index (χ0n) is 19.1. The number of nitrogens with zero attached hydrogens (tertiary/aromatic N) is 2. The van der Waals surface area contributed by atoms with E-state index in [-0.39, 0.29) is 37.4 Å². The Morgan fingerprint density at radius 2 is 2.12 bits per heavy atom. The minimum Gasteiger partial charge on any atom is -0.467 e. The van der Waals surface area contributed by atoms with Gasteiger partial charge in [-0.2, -0.15) is 0 Å². The quantitative estimate of drug-likeness (QED) is 0.585. The predicted octanol–water partition coefficient (Wildman–Crippen LogP) is 3.11. The first-order valence-electron chi connectivity index (χ1n) is 11.1. The normalized spacial score (nSPS) is 18.8. The first-order chi connectivity index (χ1) is 16.3. The van der Waals surface area contributed by atoms with E-state index in [0.717, 1.165) is 0 Å². The highest BCUT2D eigenvalue weighted by Gasteiger charge is 2.47. The van der Waals surface area contributed by atoms with Crippen molar-refractivity contribution in [2.24, 2.45) is 5.92 Å². The average molecular weight is 467 g/mol. The van der Waals surface area contributed by atoms with Crippen molar-refractivity contribution in [3.05, 3.63) is 83.7 Å². The third kappa shape index (κ3) is 4.33. The van der Waals surface area contributed by atoms with Crippen molar-refractivity contribution in [3.63, 3.8) is 0 Å². The molecular formula is C25H27FN4O4. The van der Waals surface area contributed by atoms with Crippen LogP contribution in [0.25, 0.3) is 0 Å². The Hall–Kier alpha value is -3.88. The molecule has 3 heterocycles. The molecule has 0 saturated carbocycles. The third-order valence-corrected chi connectivity index (χ3v) is 6.00. The molecule has 2 aromatic rings. The highest BCUT2D eigenvalue weighted by Crippen LogP contribution is 2.38. The largest absolute Gasteiger partial charge is 0.467 e. The van der Waals surface area contributed by atoms with Crippen LogP contribution in [0.2, 0.25) is 0 Å². The summed E-state index contributed by atoms with van der Waals surface area (Å²) in [5.41, 5.74) is 1.28. The number of furan rings is 1. The zero-order chi connectivity index (χ0) is 24.4. The standard InChI is InChI=1S/C25H27FN4O4/c1-4-10-29-19-14-30(22(15(2)3)23(31)27-13-18-9-6-11-34-18)24(32)20(19)21(28-25(29)33)16-7-5-8-17(26)12-16/h4-9,11-12,15,21-22H,1,10,13-14H2,2-3H3,(H,27,31)(H,28,33). The lowest BCUT2D eigenvalue weighted by atomic mass is 9.95. The Morgan fingerprint density at radius 1 is 1.32 bits per heavy atom. The second-order valence-electron chi connectivity index (χ2n) is 8.62. The van der Waals surface area contributed by atoms with Gasteiger partial charge in [0.05, 0.1) is 36.7 Å². The third-order valence-electron chi connectivity index (χ3n) is 6.00. The van der Waals surface area contributed by atoms with Crippen LogP contribution >= 0.6 is 0 Å². The molecule has 34 heavy (non-hydrogen) atoms. The van der Waals surface area contributed by atoms with Gasteiger partial charge < -0.3 is 20.0 Å². The van der Waals surface area contributed by atoms with Gasteiger partial charge in [-0.25, -0.2) is 9.18 Å². The minimum atomic E-state index is -0.823. The Bertz CT molecular complexity index is 1140. The van der Waals surface area contributed by atoms with E-state index in [4.69, 9.17) is 4.42 Å². The summed E-state index contributed by atoms with van der Waals surface area (Å²) in [6, 6.07) is 7.26. The molecule has 0 radical (unpaired) electrons. The van der Waals surface area contributed by atoms with Gasteiger partial charge >= 0.3 is 6.03 Å². The van der Waals surface area contributed by atoms with Gasteiger partial charge in [0.25, 0.3) is 5.91 Å². The zero-order valence-corrected chi connectivity index (χ0v) is 19.1. The van der Waals surface area contributed by atoms with Crippen molar-refractivity contribution in [2.45, 2.75) is 32.5 Å². The molecule has 178 valence electrons. The van der Waals surface area contributed by atoms with E-state index in [0.29, 0.717) is 22.6 Å². The lowest BCUT2D eigenvalue weighted by molar-refractivity contribution is -0.138. The van der Waals surface area contributed by atoms with Crippen molar-refractivity contribution in [2.75, 3.05) is 13.1 Å². The molecular weight excluding hydrogens is 439 g/mol. The molecule has 0 saturated heterocycles. The molecule has 9 heteroatoms. The smallest absolute Gasteiger partial charge is 0.322 e. The molecule has 4 rings (SSSR count). The number of hydrogen-bond acceptors (Lipinski definition) is 4. The average Bonchev–Trinajstić information content (AvgIpc) is 3.43. The molecule has 1 aromatic carbocycles. The number of carbonyl (C=O) groups excluding carboxylic acids is 3. The number of rotatable bonds is 8. The van der Waals surface area contributed by atoms with Crippen molar-refractivity contribution in [3.8, 4) is 0 Å². The van der Waals surface area contributed by atoms with Gasteiger partial charge in [0, 0.05) is 6.54 Å². The lowest BCUT2D eigenvalue weighted by Crippen LogP contribution is -2.51. The Balaban J connectivity index is 1.66. The summed E-state index contributed by atoms with van der Waals surface area (Å²) in [6.07, 6.45) is 3.09. The van der Waals surface area contributed by atoms with Crippen LogP contribution in [-0.2, 0) is 16.1 Å². The van der Waals surface area contributed by atoms with Gasteiger partial charge in [-0.05, 0) is 35.7 Å². The Morgan fingerprint density at radius 3 is 2.76 bits per heavy atom. The first-order valence-corrected chi connectivity index (χ1v) is 11.1.